The van der Waals surface area contributed by atoms with Crippen LogP contribution in [0.15, 0.2) is 6.07 Å². The highest BCUT2D eigenvalue weighted by molar-refractivity contribution is 5.84. The lowest BCUT2D eigenvalue weighted by molar-refractivity contribution is 0.111. The Morgan fingerprint density at radius 1 is 1.21 bits per heavy atom. The van der Waals surface area contributed by atoms with Crippen LogP contribution in [0.4, 0.5) is 0 Å². The van der Waals surface area contributed by atoms with E-state index in [1.54, 1.807) is 0 Å². The molecule has 0 saturated carbocycles. The Kier molecular flexibility index (Phi) is 1.63. The van der Waals surface area contributed by atoms with Crippen LogP contribution >= 0.6 is 0 Å². The van der Waals surface area contributed by atoms with Crippen molar-refractivity contribution < 1.29 is 9.53 Å². The molecule has 1 aromatic rings. The first-order valence-corrected chi connectivity index (χ1v) is 5.16. The molecule has 1 aromatic carbocycles. The molecule has 0 amide bonds. The minimum atomic E-state index is 0.735. The summed E-state index contributed by atoms with van der Waals surface area (Å²) in [6, 6.07) is 2.23. The highest BCUT2D eigenvalue weighted by atomic mass is 16.5. The molecule has 0 bridgehead atoms. The Morgan fingerprint density at radius 2 is 2.14 bits per heavy atom. The van der Waals surface area contributed by atoms with Crippen molar-refractivity contribution in [3.63, 3.8) is 0 Å². The standard InChI is InChI=1S/C12H12O2/c13-7-11-10-3-1-2-8(10)6-9-4-5-14-12(9)11/h6-7H,1-5H2. The van der Waals surface area contributed by atoms with Gasteiger partial charge >= 0.3 is 0 Å². The number of hydrogen-bond donors (Lipinski definition) is 0. The van der Waals surface area contributed by atoms with Crippen LogP contribution in [0.5, 0.6) is 5.75 Å². The van der Waals surface area contributed by atoms with E-state index in [1.165, 1.54) is 23.1 Å². The van der Waals surface area contributed by atoms with Crippen LogP contribution in [0.25, 0.3) is 0 Å². The van der Waals surface area contributed by atoms with Gasteiger partial charge in [0.1, 0.15) is 5.75 Å². The van der Waals surface area contributed by atoms with Gasteiger partial charge in [0, 0.05) is 6.42 Å². The molecular formula is C12H12O2. The molecule has 0 N–H and O–H groups in total. The molecule has 0 atom stereocenters. The van der Waals surface area contributed by atoms with Gasteiger partial charge in [0.2, 0.25) is 0 Å². The molecule has 0 fully saturated rings. The van der Waals surface area contributed by atoms with Crippen molar-refractivity contribution in [1.82, 2.24) is 0 Å². The van der Waals surface area contributed by atoms with Gasteiger partial charge in [-0.25, -0.2) is 0 Å². The number of rotatable bonds is 1. The smallest absolute Gasteiger partial charge is 0.154 e. The topological polar surface area (TPSA) is 26.3 Å². The number of aryl methyl sites for hydroxylation is 1. The van der Waals surface area contributed by atoms with Gasteiger partial charge in [0.05, 0.1) is 12.2 Å². The first-order valence-electron chi connectivity index (χ1n) is 5.16. The van der Waals surface area contributed by atoms with Gasteiger partial charge in [-0.3, -0.25) is 4.79 Å². The summed E-state index contributed by atoms with van der Waals surface area (Å²) in [5.41, 5.74) is 4.66. The lowest BCUT2D eigenvalue weighted by atomic mass is 9.98. The lowest BCUT2D eigenvalue weighted by Gasteiger charge is -2.08. The number of fused-ring (bicyclic) bond motifs is 2. The predicted octanol–water partition coefficient (Wildman–Crippen LogP) is 1.92. The molecule has 0 unspecified atom stereocenters. The maximum atomic E-state index is 11.0. The van der Waals surface area contributed by atoms with Gasteiger partial charge in [0.15, 0.2) is 6.29 Å². The Bertz CT molecular complexity index is 375. The molecule has 14 heavy (non-hydrogen) atoms. The predicted molar refractivity (Wildman–Crippen MR) is 53.1 cm³/mol. The number of hydrogen-bond acceptors (Lipinski definition) is 2. The highest BCUT2D eigenvalue weighted by Crippen LogP contribution is 2.37. The SMILES string of the molecule is O=Cc1c2c(cc3c1OCC3)CCC2. The second-order valence-electron chi connectivity index (χ2n) is 3.99. The molecule has 2 heteroatoms. The molecule has 1 heterocycles. The number of benzene rings is 1. The van der Waals surface area contributed by atoms with Crippen molar-refractivity contribution in [2.24, 2.45) is 0 Å². The van der Waals surface area contributed by atoms with E-state index in [0.717, 1.165) is 43.5 Å². The van der Waals surface area contributed by atoms with Crippen LogP contribution in [0.2, 0.25) is 0 Å². The van der Waals surface area contributed by atoms with Gasteiger partial charge in [-0.2, -0.15) is 0 Å². The van der Waals surface area contributed by atoms with Gasteiger partial charge < -0.3 is 4.74 Å². The molecule has 2 nitrogen and oxygen atoms in total. The van der Waals surface area contributed by atoms with E-state index in [1.807, 2.05) is 0 Å². The van der Waals surface area contributed by atoms with Crippen LogP contribution in [0.1, 0.15) is 33.5 Å². The summed E-state index contributed by atoms with van der Waals surface area (Å²) in [7, 11) is 0. The Labute approximate surface area is 82.9 Å². The van der Waals surface area contributed by atoms with E-state index in [9.17, 15) is 4.79 Å². The fourth-order valence-electron chi connectivity index (χ4n) is 2.56. The summed E-state index contributed by atoms with van der Waals surface area (Å²) < 4.78 is 5.51. The van der Waals surface area contributed by atoms with Gasteiger partial charge in [-0.05, 0) is 36.0 Å². The van der Waals surface area contributed by atoms with Crippen LogP contribution in [0, 0.1) is 0 Å². The molecule has 2 aliphatic rings. The molecule has 1 aliphatic carbocycles. The summed E-state index contributed by atoms with van der Waals surface area (Å²) in [5, 5.41) is 0. The largest absolute Gasteiger partial charge is 0.492 e. The normalized spacial score (nSPS) is 17.4. The maximum Gasteiger partial charge on any atom is 0.154 e. The average molecular weight is 188 g/mol. The average Bonchev–Trinajstić information content (AvgIpc) is 2.80. The third-order valence-electron chi connectivity index (χ3n) is 3.21. The third-order valence-corrected chi connectivity index (χ3v) is 3.21. The van der Waals surface area contributed by atoms with Crippen LogP contribution < -0.4 is 4.74 Å². The van der Waals surface area contributed by atoms with Crippen molar-refractivity contribution >= 4 is 6.29 Å². The Hall–Kier alpha value is -1.31. The molecule has 0 saturated heterocycles. The molecule has 0 radical (unpaired) electrons. The van der Waals surface area contributed by atoms with E-state index >= 15 is 0 Å². The number of carbonyl (C=O) groups is 1. The number of ether oxygens (including phenoxy) is 1. The summed E-state index contributed by atoms with van der Waals surface area (Å²) in [6.07, 6.45) is 5.28. The fraction of sp³-hybridized carbons (Fsp3) is 0.417. The molecule has 1 aliphatic heterocycles. The molecule has 0 spiro atoms. The van der Waals surface area contributed by atoms with E-state index < -0.39 is 0 Å². The van der Waals surface area contributed by atoms with Crippen molar-refractivity contribution in [3.8, 4) is 5.75 Å². The minimum absolute atomic E-state index is 0.735. The summed E-state index contributed by atoms with van der Waals surface area (Å²) >= 11 is 0. The second kappa shape index (κ2) is 2.84. The summed E-state index contributed by atoms with van der Waals surface area (Å²) in [4.78, 5) is 11.0. The van der Waals surface area contributed by atoms with Gasteiger partial charge in [0.25, 0.3) is 0 Å². The fourth-order valence-corrected chi connectivity index (χ4v) is 2.56. The minimum Gasteiger partial charge on any atom is -0.492 e. The van der Waals surface area contributed by atoms with E-state index in [-0.39, 0.29) is 0 Å². The van der Waals surface area contributed by atoms with Crippen molar-refractivity contribution in [3.05, 3.63) is 28.3 Å². The van der Waals surface area contributed by atoms with E-state index in [0.29, 0.717) is 0 Å². The number of aldehydes is 1. The van der Waals surface area contributed by atoms with Crippen LogP contribution in [0.3, 0.4) is 0 Å². The zero-order chi connectivity index (χ0) is 9.54. The van der Waals surface area contributed by atoms with Crippen LogP contribution in [-0.2, 0) is 19.3 Å². The molecule has 3 rings (SSSR count). The van der Waals surface area contributed by atoms with Crippen molar-refractivity contribution in [1.29, 1.82) is 0 Å². The zero-order valence-corrected chi connectivity index (χ0v) is 8.01. The van der Waals surface area contributed by atoms with Crippen molar-refractivity contribution in [2.75, 3.05) is 6.61 Å². The Morgan fingerprint density at radius 3 is 3.00 bits per heavy atom. The first kappa shape index (κ1) is 8.04. The highest BCUT2D eigenvalue weighted by Gasteiger charge is 2.24. The molecule has 72 valence electrons. The summed E-state index contributed by atoms with van der Waals surface area (Å²) in [6.45, 7) is 0.735. The van der Waals surface area contributed by atoms with E-state index in [2.05, 4.69) is 6.07 Å². The van der Waals surface area contributed by atoms with Gasteiger partial charge in [-0.1, -0.05) is 6.07 Å². The third kappa shape index (κ3) is 0.939. The lowest BCUT2D eigenvalue weighted by Crippen LogP contribution is -1.96. The monoisotopic (exact) mass is 188 g/mol. The molecular weight excluding hydrogens is 176 g/mol. The second-order valence-corrected chi connectivity index (χ2v) is 3.99. The quantitative estimate of drug-likeness (QED) is 0.629. The van der Waals surface area contributed by atoms with E-state index in [4.69, 9.17) is 4.74 Å². The first-order chi connectivity index (χ1) is 6.90. The number of carbonyl (C=O) groups excluding carboxylic acids is 1. The van der Waals surface area contributed by atoms with Crippen LogP contribution in [-0.4, -0.2) is 12.9 Å². The zero-order valence-electron chi connectivity index (χ0n) is 8.01. The summed E-state index contributed by atoms with van der Waals surface area (Å²) in [5.74, 6) is 0.862. The maximum absolute atomic E-state index is 11.0. The Balaban J connectivity index is 2.29. The van der Waals surface area contributed by atoms with Gasteiger partial charge in [-0.15, -0.1) is 0 Å². The van der Waals surface area contributed by atoms with Crippen molar-refractivity contribution in [2.45, 2.75) is 25.7 Å². The molecule has 0 aromatic heterocycles.